The van der Waals surface area contributed by atoms with E-state index >= 15 is 0 Å². The topological polar surface area (TPSA) is 61.6 Å². The molecule has 2 heterocycles. The Balaban J connectivity index is 2.43. The third-order valence-corrected chi connectivity index (χ3v) is 2.23. The summed E-state index contributed by atoms with van der Waals surface area (Å²) in [7, 11) is 0. The lowest BCUT2D eigenvalue weighted by Crippen LogP contribution is -2.02. The molecule has 3 rings (SSSR count). The minimum absolute atomic E-state index is 0.177. The van der Waals surface area contributed by atoms with Crippen molar-refractivity contribution in [1.82, 2.24) is 4.98 Å². The fourth-order valence-corrected chi connectivity index (χ4v) is 1.57. The maximum Gasteiger partial charge on any atom is 0.346 e. The Morgan fingerprint density at radius 1 is 1.27 bits per heavy atom. The van der Waals surface area contributed by atoms with Gasteiger partial charge in [0.05, 0.1) is 10.9 Å². The number of benzene rings is 1. The number of aromatic nitrogens is 1. The second kappa shape index (κ2) is 2.73. The molecular formula is C10H7NO4. The van der Waals surface area contributed by atoms with E-state index in [1.54, 1.807) is 19.1 Å². The third-order valence-electron chi connectivity index (χ3n) is 2.23. The molecule has 5 nitrogen and oxygen atoms in total. The average Bonchev–Trinajstić information content (AvgIpc) is 2.61. The first-order valence-electron chi connectivity index (χ1n) is 4.45. The standard InChI is InChI=1S/C10H7NO4/c1-5-11-7-3-9-8(13-4-14-9)2-6(7)10(12)15-5/h2-3H,4H2,1H3. The number of fused-ring (bicyclic) bond motifs is 2. The summed E-state index contributed by atoms with van der Waals surface area (Å²) in [5.41, 5.74) is 0.156. The second-order valence-corrected chi connectivity index (χ2v) is 3.24. The molecule has 76 valence electrons. The lowest BCUT2D eigenvalue weighted by Gasteiger charge is -1.99. The predicted molar refractivity (Wildman–Crippen MR) is 51.1 cm³/mol. The highest BCUT2D eigenvalue weighted by atomic mass is 16.7. The molecule has 15 heavy (non-hydrogen) atoms. The average molecular weight is 205 g/mol. The Labute approximate surface area is 84.3 Å². The Hall–Kier alpha value is -2.04. The van der Waals surface area contributed by atoms with Gasteiger partial charge in [-0.25, -0.2) is 9.78 Å². The summed E-state index contributed by atoms with van der Waals surface area (Å²) in [6.45, 7) is 1.81. The van der Waals surface area contributed by atoms with E-state index in [0.717, 1.165) is 0 Å². The van der Waals surface area contributed by atoms with Crippen LogP contribution in [-0.2, 0) is 0 Å². The number of aryl methyl sites for hydroxylation is 1. The Bertz CT molecular complexity index is 602. The Kier molecular flexibility index (Phi) is 1.50. The summed E-state index contributed by atoms with van der Waals surface area (Å²) in [6, 6.07) is 3.28. The van der Waals surface area contributed by atoms with Crippen LogP contribution in [0.1, 0.15) is 5.89 Å². The Morgan fingerprint density at radius 2 is 2.00 bits per heavy atom. The van der Waals surface area contributed by atoms with Crippen molar-refractivity contribution in [3.05, 3.63) is 28.4 Å². The molecule has 0 aliphatic carbocycles. The SMILES string of the molecule is Cc1nc2cc3c(cc2c(=O)o1)OCO3. The molecule has 0 atom stereocenters. The zero-order valence-corrected chi connectivity index (χ0v) is 7.94. The fourth-order valence-electron chi connectivity index (χ4n) is 1.57. The molecule has 0 radical (unpaired) electrons. The largest absolute Gasteiger partial charge is 0.454 e. The number of ether oxygens (including phenoxy) is 2. The molecule has 5 heteroatoms. The van der Waals surface area contributed by atoms with E-state index < -0.39 is 5.63 Å². The summed E-state index contributed by atoms with van der Waals surface area (Å²) < 4.78 is 15.2. The molecule has 1 aromatic carbocycles. The summed E-state index contributed by atoms with van der Waals surface area (Å²) in [5, 5.41) is 0.407. The van der Waals surface area contributed by atoms with E-state index in [9.17, 15) is 4.79 Å². The normalized spacial score (nSPS) is 13.4. The van der Waals surface area contributed by atoms with Crippen molar-refractivity contribution in [1.29, 1.82) is 0 Å². The molecule has 0 amide bonds. The smallest absolute Gasteiger partial charge is 0.346 e. The van der Waals surface area contributed by atoms with E-state index in [1.165, 1.54) is 0 Å². The van der Waals surface area contributed by atoms with Crippen molar-refractivity contribution in [2.75, 3.05) is 6.79 Å². The molecule has 0 saturated heterocycles. The summed E-state index contributed by atoms with van der Waals surface area (Å²) in [5.74, 6) is 1.51. The Morgan fingerprint density at radius 3 is 2.80 bits per heavy atom. The molecule has 1 aromatic heterocycles. The number of rotatable bonds is 0. The van der Waals surface area contributed by atoms with Gasteiger partial charge in [0.25, 0.3) is 0 Å². The van der Waals surface area contributed by atoms with Crippen molar-refractivity contribution in [2.45, 2.75) is 6.92 Å². The highest BCUT2D eigenvalue weighted by molar-refractivity contribution is 5.81. The highest BCUT2D eigenvalue weighted by Gasteiger charge is 2.16. The van der Waals surface area contributed by atoms with Crippen molar-refractivity contribution in [2.24, 2.45) is 0 Å². The predicted octanol–water partition coefficient (Wildman–Crippen LogP) is 1.23. The molecule has 1 aliphatic heterocycles. The highest BCUT2D eigenvalue weighted by Crippen LogP contribution is 2.34. The maximum absolute atomic E-state index is 11.5. The second-order valence-electron chi connectivity index (χ2n) is 3.24. The first kappa shape index (κ1) is 8.28. The maximum atomic E-state index is 11.5. The van der Waals surface area contributed by atoms with Gasteiger partial charge in [-0.1, -0.05) is 0 Å². The zero-order chi connectivity index (χ0) is 10.4. The van der Waals surface area contributed by atoms with E-state index in [1.807, 2.05) is 0 Å². The molecule has 0 bridgehead atoms. The summed E-state index contributed by atoms with van der Waals surface area (Å²) in [4.78, 5) is 15.6. The van der Waals surface area contributed by atoms with Crippen LogP contribution in [0, 0.1) is 6.92 Å². The molecular weight excluding hydrogens is 198 g/mol. The van der Waals surface area contributed by atoms with Gasteiger partial charge in [0.2, 0.25) is 6.79 Å². The number of hydrogen-bond acceptors (Lipinski definition) is 5. The molecule has 1 aliphatic rings. The molecule has 0 unspecified atom stereocenters. The van der Waals surface area contributed by atoms with Crippen LogP contribution >= 0.6 is 0 Å². The number of nitrogens with zero attached hydrogens (tertiary/aromatic N) is 1. The summed E-state index contributed by atoms with van der Waals surface area (Å²) >= 11 is 0. The van der Waals surface area contributed by atoms with Crippen LogP contribution in [0.4, 0.5) is 0 Å². The van der Waals surface area contributed by atoms with Crippen LogP contribution in [0.5, 0.6) is 11.5 Å². The molecule has 2 aromatic rings. The van der Waals surface area contributed by atoms with Crippen molar-refractivity contribution >= 4 is 10.9 Å². The zero-order valence-electron chi connectivity index (χ0n) is 7.94. The van der Waals surface area contributed by atoms with E-state index in [4.69, 9.17) is 13.9 Å². The molecule has 0 saturated carbocycles. The van der Waals surface area contributed by atoms with Gasteiger partial charge in [0, 0.05) is 19.1 Å². The van der Waals surface area contributed by atoms with Crippen LogP contribution in [0.3, 0.4) is 0 Å². The quantitative estimate of drug-likeness (QED) is 0.647. The van der Waals surface area contributed by atoms with Crippen molar-refractivity contribution in [3.8, 4) is 11.5 Å². The van der Waals surface area contributed by atoms with Gasteiger partial charge < -0.3 is 13.9 Å². The van der Waals surface area contributed by atoms with Gasteiger partial charge in [-0.15, -0.1) is 0 Å². The van der Waals surface area contributed by atoms with Gasteiger partial charge in [-0.05, 0) is 0 Å². The van der Waals surface area contributed by atoms with E-state index in [2.05, 4.69) is 4.98 Å². The van der Waals surface area contributed by atoms with Gasteiger partial charge in [-0.3, -0.25) is 0 Å². The van der Waals surface area contributed by atoms with Crippen LogP contribution in [0.2, 0.25) is 0 Å². The fraction of sp³-hybridized carbons (Fsp3) is 0.200. The minimum atomic E-state index is -0.407. The molecule has 0 fully saturated rings. The van der Waals surface area contributed by atoms with Gasteiger partial charge in [0.1, 0.15) is 0 Å². The van der Waals surface area contributed by atoms with Gasteiger partial charge in [-0.2, -0.15) is 0 Å². The summed E-state index contributed by atoms with van der Waals surface area (Å²) in [6.07, 6.45) is 0. The van der Waals surface area contributed by atoms with Crippen LogP contribution in [0.25, 0.3) is 10.9 Å². The van der Waals surface area contributed by atoms with Crippen molar-refractivity contribution in [3.63, 3.8) is 0 Å². The van der Waals surface area contributed by atoms with Crippen LogP contribution in [0.15, 0.2) is 21.3 Å². The van der Waals surface area contributed by atoms with Gasteiger partial charge in [0.15, 0.2) is 17.4 Å². The van der Waals surface area contributed by atoms with E-state index in [0.29, 0.717) is 28.3 Å². The minimum Gasteiger partial charge on any atom is -0.454 e. The van der Waals surface area contributed by atoms with Crippen molar-refractivity contribution < 1.29 is 13.9 Å². The third kappa shape index (κ3) is 1.16. The lowest BCUT2D eigenvalue weighted by atomic mass is 10.2. The molecule has 0 N–H and O–H groups in total. The molecule has 0 spiro atoms. The first-order valence-corrected chi connectivity index (χ1v) is 4.45. The first-order chi connectivity index (χ1) is 7.24. The lowest BCUT2D eigenvalue weighted by molar-refractivity contribution is 0.174. The number of hydrogen-bond donors (Lipinski definition) is 0. The van der Waals surface area contributed by atoms with Crippen LogP contribution in [-0.4, -0.2) is 11.8 Å². The monoisotopic (exact) mass is 205 g/mol. The van der Waals surface area contributed by atoms with Crippen LogP contribution < -0.4 is 15.1 Å². The van der Waals surface area contributed by atoms with E-state index in [-0.39, 0.29) is 6.79 Å². The van der Waals surface area contributed by atoms with Gasteiger partial charge >= 0.3 is 5.63 Å².